The quantitative estimate of drug-likeness (QED) is 0.0265. The summed E-state index contributed by atoms with van der Waals surface area (Å²) in [5.41, 5.74) is 5.26. The standard InChI is InChI=1S/C27H27FO5S.C20H21F3N2O5S.C19H20BrFN2O5S.C19H21BrN2O5S.C19H21ClN2O5S/c1-4-33-26-15-18(10-12-25(26)32-2)22(16-34(3,30)31)27-21-11-9-17(13-19(21)14-24(27)29)20-7-5-6-8-23(20)28;1-4-30-18-9-12(5-8-17(18)29-2)16(11-31(3,27)28)25-15-7-6-13(20(21,22)23)10-14(15)24-19(25)26;1-4-28-17-7-11(5-6-16(17)27-2)15(10-29(3,25)26)23-18-13(21)8-12(20)9-14(18)22-19(23)24;2*1-4-27-18-9-12(5-8-17(18)26-2)16(11-28(3,24)25)22-15-7-6-13(20)10-14(15)21-19(22)23/h5-13,15,22,27H,4,14,16H2,1-3H3;5-10,16H,4,11H2,1-3H3,(H,24,26);5-9,15H,4,10H2,1-3H3,(H,22,24);2*5-10,16H,4,11H2,1-3H3,(H,21,23)/t22-,27?;16-;15-;2*16-/m11111/s1. The van der Waals surface area contributed by atoms with Crippen molar-refractivity contribution >= 4 is 143 Å². The van der Waals surface area contributed by atoms with Crippen LogP contribution in [0.2, 0.25) is 5.02 Å². The molecule has 4 N–H and O–H groups in total. The number of halogens is 8. The molecule has 0 radical (unpaired) electrons. The summed E-state index contributed by atoms with van der Waals surface area (Å²) in [5, 5.41) is 0.476. The molecule has 0 bridgehead atoms. The van der Waals surface area contributed by atoms with Crippen LogP contribution in [0.5, 0.6) is 57.5 Å². The minimum absolute atomic E-state index is 0.000581. The number of methoxy groups -OCH3 is 5. The molecule has 16 rings (SSSR count). The van der Waals surface area contributed by atoms with E-state index in [1.807, 2.05) is 39.0 Å². The molecule has 46 heteroatoms. The number of carbonyl (C=O) groups excluding carboxylic acids is 1. The van der Waals surface area contributed by atoms with Gasteiger partial charge in [0, 0.05) is 63.1 Å². The van der Waals surface area contributed by atoms with Crippen molar-refractivity contribution in [3.05, 3.63) is 312 Å². The lowest BCUT2D eigenvalue weighted by atomic mass is 9.82. The van der Waals surface area contributed by atoms with Crippen molar-refractivity contribution in [3.63, 3.8) is 0 Å². The molecule has 1 unspecified atom stereocenters. The molecule has 0 amide bonds. The second-order valence-electron chi connectivity index (χ2n) is 34.9. The number of alkyl halides is 3. The predicted octanol–water partition coefficient (Wildman–Crippen LogP) is 17.8. The Morgan fingerprint density at radius 2 is 0.707 bits per heavy atom. The minimum Gasteiger partial charge on any atom is -0.493 e. The van der Waals surface area contributed by atoms with Crippen LogP contribution in [0.25, 0.3) is 55.3 Å². The zero-order valence-corrected chi connectivity index (χ0v) is 91.9. The Morgan fingerprint density at radius 1 is 0.367 bits per heavy atom. The lowest BCUT2D eigenvalue weighted by Gasteiger charge is -2.24. The van der Waals surface area contributed by atoms with Crippen LogP contribution in [-0.4, -0.2) is 215 Å². The zero-order chi connectivity index (χ0) is 110. The van der Waals surface area contributed by atoms with Gasteiger partial charge in [0.1, 0.15) is 72.1 Å². The van der Waals surface area contributed by atoms with Crippen LogP contribution in [-0.2, 0) is 66.6 Å². The number of rotatable bonds is 36. The van der Waals surface area contributed by atoms with E-state index in [0.717, 1.165) is 68.0 Å². The molecule has 6 atom stereocenters. The molecule has 1 aliphatic rings. The summed E-state index contributed by atoms with van der Waals surface area (Å²) in [6.45, 7) is 11.1. The van der Waals surface area contributed by atoms with Gasteiger partial charge in [-0.1, -0.05) is 110 Å². The first-order chi connectivity index (χ1) is 70.8. The van der Waals surface area contributed by atoms with Gasteiger partial charge in [0.25, 0.3) is 0 Å². The molecular weight excluding hydrogens is 2210 g/mol. The van der Waals surface area contributed by atoms with E-state index in [2.05, 4.69) is 51.8 Å². The third-order valence-electron chi connectivity index (χ3n) is 23.9. The fourth-order valence-electron chi connectivity index (χ4n) is 17.8. The zero-order valence-electron chi connectivity index (χ0n) is 83.9. The SMILES string of the molecule is CCOc1cc([C@@H](CS(C)(=O)=O)C2C(=O)Cc3cc(-c4ccccc4F)ccc32)ccc1OC.CCOc1cc([C@@H](CS(C)(=O)=O)n2c(=O)[nH]c3cc(Br)cc(F)c32)ccc1OC.CCOc1cc([C@@H](CS(C)(=O)=O)n2c(=O)[nH]c3cc(Br)ccc32)ccc1OC.CCOc1cc([C@@H](CS(C)(=O)=O)n2c(=O)[nH]c3cc(C(F)(F)F)ccc32)ccc1OC.CCOc1cc([C@@H](CS(C)(=O)=O)n2c(=O)[nH]c3cc(Cl)ccc32)ccc1OC. The number of Topliss-reactive ketones (excluding diaryl/α,β-unsaturated/α-hetero) is 1. The summed E-state index contributed by atoms with van der Waals surface area (Å²) in [6, 6.07) is 49.7. The number of nitrogens with one attached hydrogen (secondary N) is 4. The third-order valence-corrected chi connectivity index (χ3v) is 29.7. The molecular formula is C104H110Br2ClF5N8O25S5. The van der Waals surface area contributed by atoms with Gasteiger partial charge in [0.05, 0.1) is 172 Å². The third kappa shape index (κ3) is 28.5. The number of H-pyrrole nitrogens is 4. The number of nitrogens with zero attached hydrogens (tertiary/aromatic N) is 4. The van der Waals surface area contributed by atoms with E-state index in [1.165, 1.54) is 63.1 Å². The number of aromatic nitrogens is 8. The number of imidazole rings is 4. The van der Waals surface area contributed by atoms with E-state index in [-0.39, 0.29) is 63.0 Å². The molecule has 4 aromatic heterocycles. The molecule has 0 aliphatic heterocycles. The number of carbonyl (C=O) groups is 1. The molecule has 33 nitrogen and oxygen atoms in total. The monoisotopic (exact) mass is 2320 g/mol. The van der Waals surface area contributed by atoms with E-state index in [9.17, 15) is 88.0 Å². The van der Waals surface area contributed by atoms with Crippen LogP contribution in [0.4, 0.5) is 22.0 Å². The number of fused-ring (bicyclic) bond motifs is 5. The summed E-state index contributed by atoms with van der Waals surface area (Å²) in [6.07, 6.45) is 1.16. The Bertz CT molecular complexity index is 8220. The molecule has 802 valence electrons. The van der Waals surface area contributed by atoms with Crippen LogP contribution in [0.15, 0.2) is 228 Å². The van der Waals surface area contributed by atoms with Crippen LogP contribution >= 0.6 is 43.5 Å². The summed E-state index contributed by atoms with van der Waals surface area (Å²) in [5.74, 6) is 0.987. The molecule has 0 spiro atoms. The summed E-state index contributed by atoms with van der Waals surface area (Å²) < 4.78 is 251. The predicted molar refractivity (Wildman–Crippen MR) is 574 cm³/mol. The topological polar surface area (TPSA) is 431 Å². The van der Waals surface area contributed by atoms with Gasteiger partial charge < -0.3 is 67.3 Å². The van der Waals surface area contributed by atoms with Crippen molar-refractivity contribution in [2.45, 2.75) is 83.2 Å². The van der Waals surface area contributed by atoms with Crippen LogP contribution in [0.3, 0.4) is 0 Å². The number of hydrogen-bond donors (Lipinski definition) is 4. The highest BCUT2D eigenvalue weighted by Gasteiger charge is 2.41. The second kappa shape index (κ2) is 48.8. The molecule has 4 heterocycles. The van der Waals surface area contributed by atoms with E-state index in [4.69, 9.17) is 59.0 Å². The lowest BCUT2D eigenvalue weighted by molar-refractivity contribution is -0.137. The average molecular weight is 2320 g/mol. The van der Waals surface area contributed by atoms with Gasteiger partial charge in [0.2, 0.25) is 0 Å². The van der Waals surface area contributed by atoms with Crippen LogP contribution in [0.1, 0.15) is 115 Å². The molecule has 0 fully saturated rings. The van der Waals surface area contributed by atoms with E-state index >= 15 is 0 Å². The highest BCUT2D eigenvalue weighted by molar-refractivity contribution is 9.10. The highest BCUT2D eigenvalue weighted by atomic mass is 79.9. The van der Waals surface area contributed by atoms with E-state index in [0.29, 0.717) is 161 Å². The number of benzene rings is 11. The fraction of sp³-hybridized carbons (Fsp3) is 0.317. The van der Waals surface area contributed by atoms with E-state index in [1.54, 1.807) is 166 Å². The van der Waals surface area contributed by atoms with Crippen LogP contribution < -0.4 is 70.1 Å². The second-order valence-corrected chi connectivity index (χ2v) is 48.1. The molecule has 11 aromatic carbocycles. The molecule has 1 aliphatic carbocycles. The molecule has 15 aromatic rings. The van der Waals surface area contributed by atoms with Gasteiger partial charge >= 0.3 is 28.9 Å². The average Bonchev–Trinajstić information content (AvgIpc) is 1.63. The Kier molecular flexibility index (Phi) is 37.6. The first-order valence-electron chi connectivity index (χ1n) is 46.3. The molecule has 0 saturated heterocycles. The van der Waals surface area contributed by atoms with E-state index < -0.39 is 131 Å². The Balaban J connectivity index is 0.000000166. The van der Waals surface area contributed by atoms with Gasteiger partial charge in [-0.3, -0.25) is 23.1 Å². The Hall–Kier alpha value is -13.2. The van der Waals surface area contributed by atoms with Crippen molar-refractivity contribution in [2.75, 3.05) is 129 Å². The largest absolute Gasteiger partial charge is 0.493 e. The fourth-order valence-corrected chi connectivity index (χ4v) is 23.4. The number of hydrogen-bond acceptors (Lipinski definition) is 25. The number of ether oxygens (including phenoxy) is 10. The lowest BCUT2D eigenvalue weighted by Crippen LogP contribution is -2.28. The smallest absolute Gasteiger partial charge is 0.416 e. The van der Waals surface area contributed by atoms with Crippen molar-refractivity contribution in [2.24, 2.45) is 0 Å². The van der Waals surface area contributed by atoms with Gasteiger partial charge in [-0.25, -0.2) is 70.0 Å². The summed E-state index contributed by atoms with van der Waals surface area (Å²) in [7, 11) is -9.76. The van der Waals surface area contributed by atoms with Crippen molar-refractivity contribution in [1.29, 1.82) is 0 Å². The minimum atomic E-state index is -4.58. The van der Waals surface area contributed by atoms with Gasteiger partial charge in [0.15, 0.2) is 57.5 Å². The molecule has 0 saturated carbocycles. The van der Waals surface area contributed by atoms with Crippen molar-refractivity contribution < 1.29 is 116 Å². The van der Waals surface area contributed by atoms with Crippen LogP contribution in [0, 0.1) is 11.6 Å². The maximum absolute atomic E-state index is 14.7. The highest BCUT2D eigenvalue weighted by Crippen LogP contribution is 2.47. The Morgan fingerprint density at radius 3 is 1.09 bits per heavy atom. The Labute approximate surface area is 883 Å². The summed E-state index contributed by atoms with van der Waals surface area (Å²) >= 11 is 12.6. The number of sulfone groups is 5. The first-order valence-corrected chi connectivity index (χ1v) is 58.6. The summed E-state index contributed by atoms with van der Waals surface area (Å²) in [4.78, 5) is 74.6. The normalized spacial score (nSPS) is 13.7. The maximum Gasteiger partial charge on any atom is 0.416 e. The first kappa shape index (κ1) is 116. The van der Waals surface area contributed by atoms with Gasteiger partial charge in [-0.2, -0.15) is 13.2 Å². The molecule has 150 heavy (non-hydrogen) atoms. The van der Waals surface area contributed by atoms with Crippen molar-refractivity contribution in [3.8, 4) is 68.6 Å². The van der Waals surface area contributed by atoms with Crippen molar-refractivity contribution in [1.82, 2.24) is 38.2 Å². The number of aromatic amines is 4. The van der Waals surface area contributed by atoms with Gasteiger partial charge in [-0.15, -0.1) is 0 Å². The van der Waals surface area contributed by atoms with Gasteiger partial charge in [-0.05, 0) is 213 Å². The number of ketones is 1. The maximum atomic E-state index is 14.7.